The van der Waals surface area contributed by atoms with Crippen LogP contribution >= 0.6 is 0 Å². The van der Waals surface area contributed by atoms with E-state index >= 15 is 0 Å². The summed E-state index contributed by atoms with van der Waals surface area (Å²) in [6.45, 7) is 6.45. The largest absolute Gasteiger partial charge is 0.481 e. The molecule has 0 bridgehead atoms. The number of rotatable bonds is 7. The van der Waals surface area contributed by atoms with Crippen LogP contribution < -0.4 is 9.64 Å². The first kappa shape index (κ1) is 32.1. The van der Waals surface area contributed by atoms with Crippen LogP contribution in [0, 0.1) is 13.8 Å². The summed E-state index contributed by atoms with van der Waals surface area (Å²) in [4.78, 5) is 30.2. The minimum atomic E-state index is -5.06. The number of H-pyrrole nitrogens is 1. The lowest BCUT2D eigenvalue weighted by Crippen LogP contribution is -2.39. The fourth-order valence-corrected chi connectivity index (χ4v) is 5.81. The lowest BCUT2D eigenvalue weighted by Gasteiger charge is -2.31. The molecule has 1 aromatic carbocycles. The Morgan fingerprint density at radius 1 is 0.979 bits per heavy atom. The minimum Gasteiger partial charge on any atom is -0.481 e. The van der Waals surface area contributed by atoms with Crippen molar-refractivity contribution in [3.05, 3.63) is 70.4 Å². The SMILES string of the molecule is COc1ncc(-c2c(C)n[nH]c2C)cc1-c1cnc(N2CCC2)nc1CN1C(=O)OC(c2cc(C(F)(F)F)cc(C(F)(F)F)c2)C1C. The molecule has 2 atom stereocenters. The molecule has 5 heterocycles. The Hall–Kier alpha value is -4.89. The summed E-state index contributed by atoms with van der Waals surface area (Å²) >= 11 is 0. The minimum absolute atomic E-state index is 0.0370. The number of hydrogen-bond acceptors (Lipinski definition) is 8. The number of aromatic nitrogens is 5. The summed E-state index contributed by atoms with van der Waals surface area (Å²) in [5.74, 6) is 0.650. The number of aryl methyl sites for hydroxylation is 2. The smallest absolute Gasteiger partial charge is 0.416 e. The lowest BCUT2D eigenvalue weighted by atomic mass is 9.97. The first-order valence-corrected chi connectivity index (χ1v) is 14.6. The summed E-state index contributed by atoms with van der Waals surface area (Å²) in [5, 5.41) is 7.20. The molecule has 1 N–H and O–H groups in total. The summed E-state index contributed by atoms with van der Waals surface area (Å²) in [5.41, 5.74) is 1.00. The Bertz CT molecular complexity index is 1790. The number of aromatic amines is 1. The van der Waals surface area contributed by atoms with Crippen LogP contribution in [-0.4, -0.2) is 62.4 Å². The van der Waals surface area contributed by atoms with Gasteiger partial charge < -0.3 is 14.4 Å². The zero-order valence-corrected chi connectivity index (χ0v) is 25.6. The van der Waals surface area contributed by atoms with Crippen LogP contribution in [0.1, 0.15) is 53.2 Å². The second-order valence-electron chi connectivity index (χ2n) is 11.5. The molecule has 248 valence electrons. The van der Waals surface area contributed by atoms with Crippen molar-refractivity contribution in [1.82, 2.24) is 30.0 Å². The molecule has 0 radical (unpaired) electrons. The third-order valence-electron chi connectivity index (χ3n) is 8.40. The van der Waals surface area contributed by atoms with Gasteiger partial charge in [0.15, 0.2) is 0 Å². The van der Waals surface area contributed by atoms with Gasteiger partial charge in [-0.3, -0.25) is 10.00 Å². The number of pyridine rings is 1. The van der Waals surface area contributed by atoms with Crippen molar-refractivity contribution in [1.29, 1.82) is 0 Å². The van der Waals surface area contributed by atoms with E-state index < -0.39 is 47.3 Å². The zero-order valence-electron chi connectivity index (χ0n) is 25.6. The molecule has 2 aliphatic heterocycles. The average Bonchev–Trinajstić information content (AvgIpc) is 3.47. The van der Waals surface area contributed by atoms with Crippen molar-refractivity contribution in [2.24, 2.45) is 0 Å². The highest BCUT2D eigenvalue weighted by Crippen LogP contribution is 2.42. The molecule has 47 heavy (non-hydrogen) atoms. The van der Waals surface area contributed by atoms with Crippen molar-refractivity contribution in [3.63, 3.8) is 0 Å². The van der Waals surface area contributed by atoms with Gasteiger partial charge in [0, 0.05) is 53.4 Å². The number of alkyl halides is 6. The van der Waals surface area contributed by atoms with Crippen LogP contribution in [0.2, 0.25) is 0 Å². The fraction of sp³-hybridized carbons (Fsp3) is 0.387. The number of hydrogen-bond donors (Lipinski definition) is 1. The van der Waals surface area contributed by atoms with Gasteiger partial charge >= 0.3 is 18.4 Å². The number of nitrogens with zero attached hydrogens (tertiary/aromatic N) is 6. The molecule has 4 aromatic rings. The van der Waals surface area contributed by atoms with Gasteiger partial charge in [-0.05, 0) is 57.0 Å². The van der Waals surface area contributed by atoms with E-state index in [2.05, 4.69) is 20.2 Å². The summed E-state index contributed by atoms with van der Waals surface area (Å²) in [7, 11) is 1.45. The number of carbonyl (C=O) groups excluding carboxylic acids is 1. The van der Waals surface area contributed by atoms with Crippen LogP contribution in [-0.2, 0) is 23.6 Å². The molecule has 2 fully saturated rings. The van der Waals surface area contributed by atoms with E-state index in [-0.39, 0.29) is 18.5 Å². The Kier molecular flexibility index (Phi) is 8.00. The maximum atomic E-state index is 13.6. The number of amides is 1. The predicted molar refractivity (Wildman–Crippen MR) is 156 cm³/mol. The number of benzene rings is 1. The molecule has 2 saturated heterocycles. The van der Waals surface area contributed by atoms with Crippen molar-refractivity contribution < 1.29 is 40.6 Å². The molecule has 16 heteroatoms. The van der Waals surface area contributed by atoms with Crippen molar-refractivity contribution in [2.45, 2.75) is 58.2 Å². The number of carbonyl (C=O) groups is 1. The Labute approximate surface area is 264 Å². The van der Waals surface area contributed by atoms with Crippen LogP contribution in [0.5, 0.6) is 5.88 Å². The number of ether oxygens (including phenoxy) is 2. The Morgan fingerprint density at radius 2 is 1.66 bits per heavy atom. The number of nitrogens with one attached hydrogen (secondary N) is 1. The molecular formula is C31H29F6N7O3. The number of anilines is 1. The summed E-state index contributed by atoms with van der Waals surface area (Å²) < 4.78 is 92.6. The second-order valence-corrected chi connectivity index (χ2v) is 11.5. The van der Waals surface area contributed by atoms with Gasteiger partial charge in [0.2, 0.25) is 11.8 Å². The zero-order chi connectivity index (χ0) is 33.8. The van der Waals surface area contributed by atoms with Gasteiger partial charge in [-0.2, -0.15) is 31.4 Å². The first-order valence-electron chi connectivity index (χ1n) is 14.6. The van der Waals surface area contributed by atoms with Gasteiger partial charge in [-0.25, -0.2) is 19.7 Å². The second kappa shape index (κ2) is 11.7. The third-order valence-corrected chi connectivity index (χ3v) is 8.40. The highest BCUT2D eigenvalue weighted by Gasteiger charge is 2.44. The van der Waals surface area contributed by atoms with Gasteiger partial charge in [0.25, 0.3) is 0 Å². The van der Waals surface area contributed by atoms with E-state index in [1.54, 1.807) is 12.4 Å². The highest BCUT2D eigenvalue weighted by atomic mass is 19.4. The van der Waals surface area contributed by atoms with E-state index in [1.807, 2.05) is 24.8 Å². The van der Waals surface area contributed by atoms with Gasteiger partial charge in [-0.15, -0.1) is 0 Å². The van der Waals surface area contributed by atoms with E-state index in [0.717, 1.165) is 42.0 Å². The van der Waals surface area contributed by atoms with Gasteiger partial charge in [-0.1, -0.05) is 0 Å². The molecule has 3 aromatic heterocycles. The molecular weight excluding hydrogens is 632 g/mol. The maximum Gasteiger partial charge on any atom is 0.416 e. The normalized spacial score (nSPS) is 18.4. The molecule has 0 saturated carbocycles. The number of halogens is 6. The van der Waals surface area contributed by atoms with Gasteiger partial charge in [0.05, 0.1) is 42.2 Å². The maximum absolute atomic E-state index is 13.6. The quantitative estimate of drug-likeness (QED) is 0.214. The topological polar surface area (TPSA) is 109 Å². The average molecular weight is 662 g/mol. The Morgan fingerprint density at radius 3 is 2.21 bits per heavy atom. The molecule has 6 rings (SSSR count). The Balaban J connectivity index is 1.41. The molecule has 2 unspecified atom stereocenters. The van der Waals surface area contributed by atoms with E-state index in [1.165, 1.54) is 18.9 Å². The number of cyclic esters (lactones) is 1. The van der Waals surface area contributed by atoms with Crippen molar-refractivity contribution in [2.75, 3.05) is 25.1 Å². The predicted octanol–water partition coefficient (Wildman–Crippen LogP) is 6.88. The summed E-state index contributed by atoms with van der Waals surface area (Å²) in [6.07, 6.45) is -8.29. The standard InChI is InChI=1S/C31H29F6N7O3/c1-15-25(16(2)42-41-15)19-10-22(27(46-4)38-12-19)23-13-39-28(43-6-5-7-43)40-24(23)14-44-17(3)26(47-29(44)45)18-8-20(30(32,33)34)11-21(9-18)31(35,36)37/h8-13,17,26H,5-7,14H2,1-4H3,(H,41,42). The monoisotopic (exact) mass is 661 g/mol. The number of methoxy groups -OCH3 is 1. The van der Waals surface area contributed by atoms with Gasteiger partial charge in [0.1, 0.15) is 6.10 Å². The van der Waals surface area contributed by atoms with Crippen LogP contribution in [0.4, 0.5) is 37.1 Å². The first-order chi connectivity index (χ1) is 22.2. The van der Waals surface area contributed by atoms with Crippen molar-refractivity contribution in [3.8, 4) is 28.1 Å². The molecule has 2 aliphatic rings. The van der Waals surface area contributed by atoms with Crippen LogP contribution in [0.15, 0.2) is 36.7 Å². The van der Waals surface area contributed by atoms with E-state index in [9.17, 15) is 31.1 Å². The van der Waals surface area contributed by atoms with Crippen LogP contribution in [0.25, 0.3) is 22.3 Å². The molecule has 10 nitrogen and oxygen atoms in total. The molecule has 1 amide bonds. The summed E-state index contributed by atoms with van der Waals surface area (Å²) in [6, 6.07) is 2.05. The van der Waals surface area contributed by atoms with E-state index in [4.69, 9.17) is 14.5 Å². The lowest BCUT2D eigenvalue weighted by molar-refractivity contribution is -0.143. The van der Waals surface area contributed by atoms with Crippen molar-refractivity contribution >= 4 is 12.0 Å². The molecule has 0 aliphatic carbocycles. The van der Waals surface area contributed by atoms with E-state index in [0.29, 0.717) is 34.9 Å². The molecule has 0 spiro atoms. The highest BCUT2D eigenvalue weighted by molar-refractivity contribution is 5.79. The van der Waals surface area contributed by atoms with Crippen LogP contribution in [0.3, 0.4) is 0 Å². The fourth-order valence-electron chi connectivity index (χ4n) is 5.81. The third kappa shape index (κ3) is 6.03.